The second kappa shape index (κ2) is 5.33. The van der Waals surface area contributed by atoms with Crippen molar-refractivity contribution in [3.05, 3.63) is 47.2 Å². The predicted molar refractivity (Wildman–Crippen MR) is 96.3 cm³/mol. The van der Waals surface area contributed by atoms with Crippen LogP contribution in [0.25, 0.3) is 22.2 Å². The maximum Gasteiger partial charge on any atom is 0.175 e. The van der Waals surface area contributed by atoms with Gasteiger partial charge in [-0.15, -0.1) is 0 Å². The van der Waals surface area contributed by atoms with Crippen molar-refractivity contribution in [2.45, 2.75) is 30.7 Å². The fourth-order valence-corrected chi connectivity index (χ4v) is 4.02. The van der Waals surface area contributed by atoms with Crippen LogP contribution in [-0.4, -0.2) is 24.2 Å². The average Bonchev–Trinajstić information content (AvgIpc) is 3.27. The van der Waals surface area contributed by atoms with Gasteiger partial charge in [0.25, 0.3) is 0 Å². The molecular weight excluding hydrogens is 344 g/mol. The Morgan fingerprint density at radius 2 is 1.83 bits per heavy atom. The van der Waals surface area contributed by atoms with E-state index in [-0.39, 0.29) is 0 Å². The Labute approximate surface area is 146 Å². The van der Waals surface area contributed by atoms with E-state index in [1.807, 2.05) is 25.1 Å². The van der Waals surface area contributed by atoms with E-state index in [1.54, 1.807) is 12.1 Å². The van der Waals surface area contributed by atoms with Crippen LogP contribution in [0.3, 0.4) is 0 Å². The van der Waals surface area contributed by atoms with Crippen molar-refractivity contribution in [1.29, 1.82) is 0 Å². The SMILES string of the molecule is Cc1nc(Cl)cc2c1cc(-c1ccc(S(C)(=O)=O)cc1)n2C1CC1. The number of nitrogens with zero attached hydrogens (tertiary/aromatic N) is 2. The van der Waals surface area contributed by atoms with Gasteiger partial charge in [-0.1, -0.05) is 23.7 Å². The molecule has 1 saturated carbocycles. The minimum atomic E-state index is -3.19. The molecule has 124 valence electrons. The lowest BCUT2D eigenvalue weighted by atomic mass is 10.1. The Morgan fingerprint density at radius 3 is 2.42 bits per heavy atom. The lowest BCUT2D eigenvalue weighted by molar-refractivity contribution is 0.602. The molecule has 6 heteroatoms. The Morgan fingerprint density at radius 1 is 1.17 bits per heavy atom. The summed E-state index contributed by atoms with van der Waals surface area (Å²) in [4.78, 5) is 4.68. The molecule has 4 rings (SSSR count). The van der Waals surface area contributed by atoms with Crippen LogP contribution >= 0.6 is 11.6 Å². The molecule has 24 heavy (non-hydrogen) atoms. The molecule has 2 aromatic heterocycles. The normalized spacial score (nSPS) is 15.1. The van der Waals surface area contributed by atoms with E-state index in [9.17, 15) is 8.42 Å². The van der Waals surface area contributed by atoms with Gasteiger partial charge in [0.1, 0.15) is 5.15 Å². The highest BCUT2D eigenvalue weighted by Crippen LogP contribution is 2.43. The fourth-order valence-electron chi connectivity index (χ4n) is 3.16. The third-order valence-electron chi connectivity index (χ3n) is 4.49. The molecule has 0 saturated heterocycles. The van der Waals surface area contributed by atoms with Gasteiger partial charge in [0.2, 0.25) is 0 Å². The van der Waals surface area contributed by atoms with Gasteiger partial charge < -0.3 is 4.57 Å². The summed E-state index contributed by atoms with van der Waals surface area (Å²) in [5.74, 6) is 0. The van der Waals surface area contributed by atoms with Gasteiger partial charge in [0.05, 0.1) is 10.4 Å². The molecule has 4 nitrogen and oxygen atoms in total. The first-order chi connectivity index (χ1) is 11.3. The summed E-state index contributed by atoms with van der Waals surface area (Å²) in [5, 5.41) is 1.59. The maximum absolute atomic E-state index is 11.7. The van der Waals surface area contributed by atoms with E-state index in [2.05, 4.69) is 15.6 Å². The van der Waals surface area contributed by atoms with Gasteiger partial charge in [-0.3, -0.25) is 0 Å². The topological polar surface area (TPSA) is 52.0 Å². The molecule has 0 N–H and O–H groups in total. The van der Waals surface area contributed by atoms with E-state index in [0.717, 1.165) is 40.7 Å². The molecule has 0 radical (unpaired) electrons. The minimum absolute atomic E-state index is 0.334. The summed E-state index contributed by atoms with van der Waals surface area (Å²) in [6.07, 6.45) is 3.52. The lowest BCUT2D eigenvalue weighted by Crippen LogP contribution is -1.99. The third-order valence-corrected chi connectivity index (χ3v) is 5.81. The van der Waals surface area contributed by atoms with Gasteiger partial charge in [0, 0.05) is 29.1 Å². The molecule has 0 atom stereocenters. The summed E-state index contributed by atoms with van der Waals surface area (Å²) >= 11 is 6.16. The molecule has 1 aliphatic rings. The first-order valence-electron chi connectivity index (χ1n) is 7.83. The van der Waals surface area contributed by atoms with Crippen molar-refractivity contribution in [2.24, 2.45) is 0 Å². The lowest BCUT2D eigenvalue weighted by Gasteiger charge is -2.10. The number of hydrogen-bond donors (Lipinski definition) is 0. The summed E-state index contributed by atoms with van der Waals surface area (Å²) in [7, 11) is -3.19. The molecule has 0 amide bonds. The predicted octanol–water partition coefficient (Wildman–Crippen LogP) is 4.40. The van der Waals surface area contributed by atoms with Crippen molar-refractivity contribution in [2.75, 3.05) is 6.26 Å². The Hall–Kier alpha value is -1.85. The summed E-state index contributed by atoms with van der Waals surface area (Å²) < 4.78 is 25.6. The van der Waals surface area contributed by atoms with Gasteiger partial charge in [-0.05, 0) is 49.6 Å². The van der Waals surface area contributed by atoms with E-state index < -0.39 is 9.84 Å². The summed E-state index contributed by atoms with van der Waals surface area (Å²) in [6.45, 7) is 1.96. The largest absolute Gasteiger partial charge is 0.337 e. The number of sulfone groups is 1. The molecule has 0 unspecified atom stereocenters. The number of fused-ring (bicyclic) bond motifs is 1. The first kappa shape index (κ1) is 15.7. The summed E-state index contributed by atoms with van der Waals surface area (Å²) in [6, 6.07) is 11.6. The zero-order chi connectivity index (χ0) is 17.1. The molecule has 0 bridgehead atoms. The number of halogens is 1. The molecule has 1 aliphatic carbocycles. The van der Waals surface area contributed by atoms with Crippen LogP contribution < -0.4 is 0 Å². The second-order valence-electron chi connectivity index (χ2n) is 6.39. The van der Waals surface area contributed by atoms with Gasteiger partial charge in [0.15, 0.2) is 9.84 Å². The quantitative estimate of drug-likeness (QED) is 0.650. The van der Waals surface area contributed by atoms with Crippen LogP contribution in [0.4, 0.5) is 0 Å². The molecular formula is C18H17ClN2O2S. The number of benzene rings is 1. The van der Waals surface area contributed by atoms with E-state index in [0.29, 0.717) is 16.1 Å². The highest BCUT2D eigenvalue weighted by Gasteiger charge is 2.28. The minimum Gasteiger partial charge on any atom is -0.337 e. The van der Waals surface area contributed by atoms with E-state index in [1.165, 1.54) is 6.26 Å². The van der Waals surface area contributed by atoms with Crippen molar-refractivity contribution in [3.8, 4) is 11.3 Å². The van der Waals surface area contributed by atoms with Crippen LogP contribution in [0.15, 0.2) is 41.3 Å². The zero-order valence-electron chi connectivity index (χ0n) is 13.5. The average molecular weight is 361 g/mol. The number of aromatic nitrogens is 2. The zero-order valence-corrected chi connectivity index (χ0v) is 15.0. The summed E-state index contributed by atoms with van der Waals surface area (Å²) in [5.41, 5.74) is 4.09. The smallest absolute Gasteiger partial charge is 0.175 e. The van der Waals surface area contributed by atoms with Gasteiger partial charge >= 0.3 is 0 Å². The van der Waals surface area contributed by atoms with Crippen molar-refractivity contribution >= 4 is 32.3 Å². The highest BCUT2D eigenvalue weighted by atomic mass is 35.5. The van der Waals surface area contributed by atoms with Gasteiger partial charge in [-0.2, -0.15) is 0 Å². The van der Waals surface area contributed by atoms with Crippen molar-refractivity contribution < 1.29 is 8.42 Å². The number of rotatable bonds is 3. The molecule has 0 aliphatic heterocycles. The molecule has 0 spiro atoms. The van der Waals surface area contributed by atoms with Crippen LogP contribution in [-0.2, 0) is 9.84 Å². The van der Waals surface area contributed by atoms with Crippen LogP contribution in [0.2, 0.25) is 5.15 Å². The number of aryl methyl sites for hydroxylation is 1. The molecule has 1 aromatic carbocycles. The van der Waals surface area contributed by atoms with Crippen molar-refractivity contribution in [3.63, 3.8) is 0 Å². The standard InChI is InChI=1S/C18H17ClN2O2S/c1-11-15-9-16(12-3-7-14(8-4-12)24(2,22)23)21(13-5-6-13)17(15)10-18(19)20-11/h3-4,7-10,13H,5-6H2,1-2H3. The van der Waals surface area contributed by atoms with Crippen LogP contribution in [0, 0.1) is 6.92 Å². The fraction of sp³-hybridized carbons (Fsp3) is 0.278. The highest BCUT2D eigenvalue weighted by molar-refractivity contribution is 7.90. The van der Waals surface area contributed by atoms with Crippen molar-refractivity contribution in [1.82, 2.24) is 9.55 Å². The maximum atomic E-state index is 11.7. The first-order valence-corrected chi connectivity index (χ1v) is 10.1. The third kappa shape index (κ3) is 2.62. The Kier molecular flexibility index (Phi) is 3.48. The second-order valence-corrected chi connectivity index (χ2v) is 8.79. The van der Waals surface area contributed by atoms with Gasteiger partial charge in [-0.25, -0.2) is 13.4 Å². The molecule has 2 heterocycles. The Balaban J connectivity index is 1.93. The molecule has 3 aromatic rings. The number of hydrogen-bond acceptors (Lipinski definition) is 3. The van der Waals surface area contributed by atoms with Crippen LogP contribution in [0.5, 0.6) is 0 Å². The Bertz CT molecular complexity index is 1050. The van der Waals surface area contributed by atoms with Crippen LogP contribution in [0.1, 0.15) is 24.6 Å². The number of pyridine rings is 1. The monoisotopic (exact) mass is 360 g/mol. The molecule has 1 fully saturated rings. The van der Waals surface area contributed by atoms with E-state index >= 15 is 0 Å². The van der Waals surface area contributed by atoms with E-state index in [4.69, 9.17) is 11.6 Å².